The number of rotatable bonds is 5. The first-order valence-electron chi connectivity index (χ1n) is 11.3. The van der Waals surface area contributed by atoms with Gasteiger partial charge in [-0.05, 0) is 55.3 Å². The molecule has 2 aromatic carbocycles. The third-order valence-electron chi connectivity index (χ3n) is 5.71. The molecule has 5 N–H and O–H groups in total. The minimum Gasteiger partial charge on any atom is -0.508 e. The zero-order valence-electron chi connectivity index (χ0n) is 19.9. The van der Waals surface area contributed by atoms with Crippen molar-refractivity contribution in [3.63, 3.8) is 0 Å². The van der Waals surface area contributed by atoms with Gasteiger partial charge in [0.2, 0.25) is 11.8 Å². The van der Waals surface area contributed by atoms with Crippen molar-refractivity contribution >= 4 is 23.7 Å². The molecular weight excluding hydrogens is 470 g/mol. The highest BCUT2D eigenvalue weighted by Gasteiger charge is 2.33. The monoisotopic (exact) mass is 499 g/mol. The fourth-order valence-corrected chi connectivity index (χ4v) is 3.70. The summed E-state index contributed by atoms with van der Waals surface area (Å²) in [7, 11) is 1.49. The van der Waals surface area contributed by atoms with Crippen LogP contribution in [-0.2, 0) is 25.5 Å². The van der Waals surface area contributed by atoms with Gasteiger partial charge in [-0.25, -0.2) is 0 Å². The number of methoxy groups -OCH3 is 1. The van der Waals surface area contributed by atoms with Crippen LogP contribution in [0.4, 0.5) is 0 Å². The van der Waals surface area contributed by atoms with E-state index in [1.165, 1.54) is 38.3 Å². The molecule has 3 amide bonds. The number of esters is 1. The SMILES string of the molecule is COc1ccc(C(=O)NC2C(=O)NCC(=O)NC(Cc3ccc(O)cc3)C(O)CC(=O)OC2C)cc1. The van der Waals surface area contributed by atoms with Gasteiger partial charge in [0.05, 0.1) is 32.2 Å². The molecule has 1 saturated heterocycles. The van der Waals surface area contributed by atoms with E-state index in [4.69, 9.17) is 9.47 Å². The van der Waals surface area contributed by atoms with E-state index in [0.29, 0.717) is 11.3 Å². The molecule has 4 atom stereocenters. The summed E-state index contributed by atoms with van der Waals surface area (Å²) < 4.78 is 10.4. The summed E-state index contributed by atoms with van der Waals surface area (Å²) in [6, 6.07) is 10.2. The Kier molecular flexibility index (Phi) is 8.85. The van der Waals surface area contributed by atoms with Gasteiger partial charge < -0.3 is 35.6 Å². The second-order valence-corrected chi connectivity index (χ2v) is 8.41. The lowest BCUT2D eigenvalue weighted by Gasteiger charge is -2.28. The van der Waals surface area contributed by atoms with Gasteiger partial charge in [-0.15, -0.1) is 0 Å². The Balaban J connectivity index is 1.73. The summed E-state index contributed by atoms with van der Waals surface area (Å²) >= 11 is 0. The molecule has 0 saturated carbocycles. The highest BCUT2D eigenvalue weighted by Crippen LogP contribution is 2.16. The van der Waals surface area contributed by atoms with Crippen molar-refractivity contribution in [1.29, 1.82) is 0 Å². The van der Waals surface area contributed by atoms with Crippen LogP contribution in [0.1, 0.15) is 29.3 Å². The molecule has 1 aliphatic heterocycles. The molecule has 192 valence electrons. The average Bonchev–Trinajstić information content (AvgIpc) is 2.85. The van der Waals surface area contributed by atoms with Crippen LogP contribution in [0.2, 0.25) is 0 Å². The summed E-state index contributed by atoms with van der Waals surface area (Å²) in [6.07, 6.45) is -2.66. The first-order chi connectivity index (χ1) is 17.2. The van der Waals surface area contributed by atoms with Gasteiger partial charge in [0.1, 0.15) is 23.6 Å². The number of phenolic OH excluding ortho intramolecular Hbond substituents is 1. The van der Waals surface area contributed by atoms with Crippen molar-refractivity contribution in [3.8, 4) is 11.5 Å². The topological polar surface area (TPSA) is 163 Å². The molecule has 4 unspecified atom stereocenters. The van der Waals surface area contributed by atoms with Gasteiger partial charge in [0.15, 0.2) is 0 Å². The van der Waals surface area contributed by atoms with Crippen molar-refractivity contribution < 1.29 is 38.9 Å². The first kappa shape index (κ1) is 26.5. The smallest absolute Gasteiger partial charge is 0.308 e. The highest BCUT2D eigenvalue weighted by molar-refractivity contribution is 5.98. The lowest BCUT2D eigenvalue weighted by Crippen LogP contribution is -2.56. The predicted octanol–water partition coefficient (Wildman–Crippen LogP) is 0.0392. The molecule has 2 aromatic rings. The Morgan fingerprint density at radius 3 is 2.42 bits per heavy atom. The zero-order valence-corrected chi connectivity index (χ0v) is 19.9. The lowest BCUT2D eigenvalue weighted by molar-refractivity contribution is -0.154. The van der Waals surface area contributed by atoms with E-state index in [2.05, 4.69) is 16.0 Å². The second-order valence-electron chi connectivity index (χ2n) is 8.41. The summed E-state index contributed by atoms with van der Waals surface area (Å²) in [5.74, 6) is -2.10. The summed E-state index contributed by atoms with van der Waals surface area (Å²) in [6.45, 7) is 1.01. The van der Waals surface area contributed by atoms with E-state index < -0.39 is 60.9 Å². The lowest BCUT2D eigenvalue weighted by atomic mass is 9.98. The van der Waals surface area contributed by atoms with E-state index in [-0.39, 0.29) is 17.7 Å². The van der Waals surface area contributed by atoms with Crippen LogP contribution in [0.3, 0.4) is 0 Å². The number of benzene rings is 2. The van der Waals surface area contributed by atoms with Crippen molar-refractivity contribution in [2.75, 3.05) is 13.7 Å². The number of nitrogens with one attached hydrogen (secondary N) is 3. The minimum atomic E-state index is -1.29. The number of amides is 3. The Labute approximate surface area is 207 Å². The molecule has 3 rings (SSSR count). The van der Waals surface area contributed by atoms with Crippen LogP contribution in [0.5, 0.6) is 11.5 Å². The van der Waals surface area contributed by atoms with Gasteiger partial charge in [-0.1, -0.05) is 12.1 Å². The quantitative estimate of drug-likeness (QED) is 0.360. The first-order valence-corrected chi connectivity index (χ1v) is 11.3. The normalized spacial score (nSPS) is 23.2. The van der Waals surface area contributed by atoms with Crippen molar-refractivity contribution in [1.82, 2.24) is 16.0 Å². The molecule has 0 aliphatic carbocycles. The van der Waals surface area contributed by atoms with Gasteiger partial charge >= 0.3 is 5.97 Å². The number of cyclic esters (lactones) is 1. The molecule has 0 bridgehead atoms. The average molecular weight is 500 g/mol. The van der Waals surface area contributed by atoms with Crippen LogP contribution in [0, 0.1) is 0 Å². The molecule has 0 radical (unpaired) electrons. The summed E-state index contributed by atoms with van der Waals surface area (Å²) in [5, 5.41) is 27.7. The Morgan fingerprint density at radius 2 is 1.78 bits per heavy atom. The van der Waals surface area contributed by atoms with E-state index in [1.54, 1.807) is 24.3 Å². The van der Waals surface area contributed by atoms with Crippen molar-refractivity contribution in [3.05, 3.63) is 59.7 Å². The fraction of sp³-hybridized carbons (Fsp3) is 0.360. The fourth-order valence-electron chi connectivity index (χ4n) is 3.70. The number of hydrogen-bond acceptors (Lipinski definition) is 8. The summed E-state index contributed by atoms with van der Waals surface area (Å²) in [5.41, 5.74) is 0.954. The van der Waals surface area contributed by atoms with Gasteiger partial charge in [-0.3, -0.25) is 19.2 Å². The van der Waals surface area contributed by atoms with E-state index in [1.807, 2.05) is 0 Å². The van der Waals surface area contributed by atoms with E-state index >= 15 is 0 Å². The number of aliphatic hydroxyl groups is 1. The number of phenols is 1. The molecular formula is C25H29N3O8. The molecule has 36 heavy (non-hydrogen) atoms. The number of carbonyl (C=O) groups is 4. The van der Waals surface area contributed by atoms with Crippen molar-refractivity contribution in [2.45, 2.75) is 44.1 Å². The Hall–Kier alpha value is -4.12. The molecule has 11 heteroatoms. The maximum Gasteiger partial charge on any atom is 0.308 e. The van der Waals surface area contributed by atoms with Crippen LogP contribution in [0.25, 0.3) is 0 Å². The molecule has 1 fully saturated rings. The van der Waals surface area contributed by atoms with E-state index in [9.17, 15) is 29.4 Å². The highest BCUT2D eigenvalue weighted by atomic mass is 16.5. The van der Waals surface area contributed by atoms with Crippen LogP contribution in [0.15, 0.2) is 48.5 Å². The second kappa shape index (κ2) is 12.0. The standard InChI is InChI=1S/C25H29N3O8/c1-14-23(28-24(33)16-5-9-18(35-2)10-6-16)25(34)26-13-21(31)27-19(20(30)12-22(32)36-14)11-15-3-7-17(29)8-4-15/h3-10,14,19-20,23,29-30H,11-13H2,1-2H3,(H,26,34)(H,27,31)(H,28,33). The molecule has 0 aromatic heterocycles. The van der Waals surface area contributed by atoms with Crippen LogP contribution >= 0.6 is 0 Å². The summed E-state index contributed by atoms with van der Waals surface area (Å²) in [4.78, 5) is 50.6. The Morgan fingerprint density at radius 1 is 1.11 bits per heavy atom. The van der Waals surface area contributed by atoms with Gasteiger partial charge in [-0.2, -0.15) is 0 Å². The van der Waals surface area contributed by atoms with Gasteiger partial charge in [0, 0.05) is 5.56 Å². The largest absolute Gasteiger partial charge is 0.508 e. The molecule has 1 aliphatic rings. The minimum absolute atomic E-state index is 0.0657. The number of aromatic hydroxyl groups is 1. The van der Waals surface area contributed by atoms with Gasteiger partial charge in [0.25, 0.3) is 5.91 Å². The maximum atomic E-state index is 12.8. The van der Waals surface area contributed by atoms with Crippen LogP contribution in [-0.4, -0.2) is 71.9 Å². The number of aliphatic hydroxyl groups excluding tert-OH is 1. The molecule has 11 nitrogen and oxygen atoms in total. The third-order valence-corrected chi connectivity index (χ3v) is 5.71. The third kappa shape index (κ3) is 7.19. The molecule has 0 spiro atoms. The molecule has 1 heterocycles. The van der Waals surface area contributed by atoms with Crippen molar-refractivity contribution in [2.24, 2.45) is 0 Å². The number of ether oxygens (including phenoxy) is 2. The number of carbonyl (C=O) groups excluding carboxylic acids is 4. The van der Waals surface area contributed by atoms with Crippen LogP contribution < -0.4 is 20.7 Å². The predicted molar refractivity (Wildman–Crippen MR) is 127 cm³/mol. The Bertz CT molecular complexity index is 1090. The zero-order chi connectivity index (χ0) is 26.2. The number of hydrogen-bond donors (Lipinski definition) is 5. The van der Waals surface area contributed by atoms with E-state index in [0.717, 1.165) is 0 Å². The maximum absolute atomic E-state index is 12.8.